The molecule has 1 N–H and O–H groups in total. The van der Waals surface area contributed by atoms with Gasteiger partial charge in [-0.15, -0.1) is 0 Å². The molecular weight excluding hydrogens is 207 g/mol. The maximum Gasteiger partial charge on any atom is 0.403 e. The summed E-state index contributed by atoms with van der Waals surface area (Å²) in [5.74, 6) is 0. The normalized spacial score (nSPS) is 11.7. The summed E-state index contributed by atoms with van der Waals surface area (Å²) in [6.45, 7) is 0.918. The van der Waals surface area contributed by atoms with Gasteiger partial charge < -0.3 is 0 Å². The highest BCUT2D eigenvalue weighted by Gasteiger charge is 2.26. The first-order valence-electron chi connectivity index (χ1n) is 4.44. The predicted molar refractivity (Wildman–Crippen MR) is 50.0 cm³/mol. The van der Waals surface area contributed by atoms with Crippen molar-refractivity contribution in [3.63, 3.8) is 0 Å². The molecular formula is C10H12F3NO. The van der Waals surface area contributed by atoms with Crippen molar-refractivity contribution < 1.29 is 18.0 Å². The molecule has 0 saturated heterocycles. The molecule has 0 atom stereocenters. The first kappa shape index (κ1) is 12.0. The van der Waals surface area contributed by atoms with Gasteiger partial charge in [-0.2, -0.15) is 18.7 Å². The van der Waals surface area contributed by atoms with Crippen LogP contribution < -0.4 is 5.48 Å². The highest BCUT2D eigenvalue weighted by atomic mass is 19.4. The fourth-order valence-corrected chi connectivity index (χ4v) is 0.952. The van der Waals surface area contributed by atoms with Crippen LogP contribution in [0, 0.1) is 6.92 Å². The van der Waals surface area contributed by atoms with Crippen molar-refractivity contribution in [2.24, 2.45) is 0 Å². The highest BCUT2D eigenvalue weighted by Crippen LogP contribution is 2.12. The van der Waals surface area contributed by atoms with Gasteiger partial charge >= 0.3 is 6.18 Å². The van der Waals surface area contributed by atoms with E-state index in [1.807, 2.05) is 36.7 Å². The minimum Gasteiger partial charge on any atom is -0.297 e. The van der Waals surface area contributed by atoms with E-state index in [0.717, 1.165) is 11.1 Å². The molecule has 5 heteroatoms. The lowest BCUT2D eigenvalue weighted by molar-refractivity contribution is -0.151. The number of nitrogens with one attached hydrogen (secondary N) is 1. The summed E-state index contributed by atoms with van der Waals surface area (Å²) in [6, 6.07) is 7.38. The number of hydrogen-bond donors (Lipinski definition) is 1. The van der Waals surface area contributed by atoms with E-state index in [1.54, 1.807) is 0 Å². The van der Waals surface area contributed by atoms with Crippen LogP contribution in [0.1, 0.15) is 11.1 Å². The fraction of sp³-hybridized carbons (Fsp3) is 0.400. The van der Waals surface area contributed by atoms with E-state index in [9.17, 15) is 13.2 Å². The van der Waals surface area contributed by atoms with Crippen LogP contribution in [0.3, 0.4) is 0 Å². The summed E-state index contributed by atoms with van der Waals surface area (Å²) in [4.78, 5) is 4.67. The van der Waals surface area contributed by atoms with Crippen molar-refractivity contribution in [3.05, 3.63) is 35.4 Å². The zero-order valence-electron chi connectivity index (χ0n) is 8.27. The maximum absolute atomic E-state index is 11.7. The van der Waals surface area contributed by atoms with Gasteiger partial charge in [-0.25, -0.2) is 0 Å². The molecule has 1 aromatic carbocycles. The van der Waals surface area contributed by atoms with Crippen LogP contribution in [-0.2, 0) is 11.4 Å². The summed E-state index contributed by atoms with van der Waals surface area (Å²) >= 11 is 0. The standard InChI is InChI=1S/C10H12F3NO/c1-8-2-4-9(5-3-8)6-15-14-7-10(11,12)13/h2-5,14H,6-7H2,1H3. The minimum absolute atomic E-state index is 0.121. The Balaban J connectivity index is 2.23. The number of aryl methyl sites for hydroxylation is 1. The molecule has 0 bridgehead atoms. The second-order valence-electron chi connectivity index (χ2n) is 3.21. The highest BCUT2D eigenvalue weighted by molar-refractivity contribution is 5.20. The van der Waals surface area contributed by atoms with Gasteiger partial charge in [-0.3, -0.25) is 4.84 Å². The third kappa shape index (κ3) is 5.39. The molecule has 0 spiro atoms. The van der Waals surface area contributed by atoms with Crippen molar-refractivity contribution >= 4 is 0 Å². The lowest BCUT2D eigenvalue weighted by atomic mass is 10.2. The van der Waals surface area contributed by atoms with E-state index in [4.69, 9.17) is 0 Å². The summed E-state index contributed by atoms with van der Waals surface area (Å²) in [7, 11) is 0. The Bertz CT molecular complexity index is 295. The van der Waals surface area contributed by atoms with Gasteiger partial charge in [-0.05, 0) is 12.5 Å². The molecule has 2 nitrogen and oxygen atoms in total. The third-order valence-electron chi connectivity index (χ3n) is 1.73. The largest absolute Gasteiger partial charge is 0.403 e. The van der Waals surface area contributed by atoms with Crippen molar-refractivity contribution in [2.75, 3.05) is 6.54 Å². The van der Waals surface area contributed by atoms with Crippen molar-refractivity contribution in [2.45, 2.75) is 19.7 Å². The van der Waals surface area contributed by atoms with E-state index in [-0.39, 0.29) is 6.61 Å². The van der Waals surface area contributed by atoms with E-state index in [0.29, 0.717) is 0 Å². The molecule has 1 aromatic rings. The molecule has 15 heavy (non-hydrogen) atoms. The van der Waals surface area contributed by atoms with E-state index in [2.05, 4.69) is 4.84 Å². The monoisotopic (exact) mass is 219 g/mol. The predicted octanol–water partition coefficient (Wildman–Crippen LogP) is 2.58. The van der Waals surface area contributed by atoms with Crippen LogP contribution in [0.25, 0.3) is 0 Å². The summed E-state index contributed by atoms with van der Waals surface area (Å²) in [5, 5.41) is 0. The van der Waals surface area contributed by atoms with Gasteiger partial charge in [0, 0.05) is 0 Å². The Kier molecular flexibility index (Phi) is 4.11. The molecule has 0 aliphatic rings. The van der Waals surface area contributed by atoms with Gasteiger partial charge in [-0.1, -0.05) is 29.8 Å². The summed E-state index contributed by atoms with van der Waals surface area (Å²) < 4.78 is 35.1. The minimum atomic E-state index is -4.24. The molecule has 0 amide bonds. The van der Waals surface area contributed by atoms with E-state index >= 15 is 0 Å². The maximum atomic E-state index is 11.7. The van der Waals surface area contributed by atoms with Crippen molar-refractivity contribution in [1.29, 1.82) is 0 Å². The van der Waals surface area contributed by atoms with Gasteiger partial charge in [0.15, 0.2) is 0 Å². The Morgan fingerprint density at radius 1 is 1.20 bits per heavy atom. The molecule has 0 heterocycles. The molecule has 0 saturated carbocycles. The Hall–Kier alpha value is -1.07. The van der Waals surface area contributed by atoms with Gasteiger partial charge in [0.25, 0.3) is 0 Å². The number of halogens is 3. The Morgan fingerprint density at radius 3 is 2.33 bits per heavy atom. The number of benzene rings is 1. The average Bonchev–Trinajstić information content (AvgIpc) is 2.14. The molecule has 0 aliphatic carbocycles. The van der Waals surface area contributed by atoms with Crippen LogP contribution in [0.5, 0.6) is 0 Å². The number of hydrogen-bond acceptors (Lipinski definition) is 2. The molecule has 0 aliphatic heterocycles. The number of hydroxylamine groups is 1. The van der Waals surface area contributed by atoms with Gasteiger partial charge in [0.1, 0.15) is 6.54 Å². The molecule has 0 aromatic heterocycles. The topological polar surface area (TPSA) is 21.3 Å². The SMILES string of the molecule is Cc1ccc(CONCC(F)(F)F)cc1. The smallest absolute Gasteiger partial charge is 0.297 e. The van der Waals surface area contributed by atoms with Crippen LogP contribution >= 0.6 is 0 Å². The molecule has 0 unspecified atom stereocenters. The number of alkyl halides is 3. The zero-order chi connectivity index (χ0) is 11.3. The van der Waals surface area contributed by atoms with E-state index in [1.165, 1.54) is 0 Å². The molecule has 1 rings (SSSR count). The third-order valence-corrected chi connectivity index (χ3v) is 1.73. The van der Waals surface area contributed by atoms with Crippen LogP contribution in [0.2, 0.25) is 0 Å². The van der Waals surface area contributed by atoms with E-state index < -0.39 is 12.7 Å². The Morgan fingerprint density at radius 2 is 1.80 bits per heavy atom. The second-order valence-corrected chi connectivity index (χ2v) is 3.21. The van der Waals surface area contributed by atoms with Crippen LogP contribution in [0.15, 0.2) is 24.3 Å². The molecule has 0 fully saturated rings. The van der Waals surface area contributed by atoms with Crippen molar-refractivity contribution in [3.8, 4) is 0 Å². The average molecular weight is 219 g/mol. The van der Waals surface area contributed by atoms with Crippen LogP contribution in [-0.4, -0.2) is 12.7 Å². The second kappa shape index (κ2) is 5.14. The van der Waals surface area contributed by atoms with Gasteiger partial charge in [0.2, 0.25) is 0 Å². The molecule has 84 valence electrons. The molecule has 0 radical (unpaired) electrons. The first-order valence-corrected chi connectivity index (χ1v) is 4.44. The lowest BCUT2D eigenvalue weighted by Crippen LogP contribution is -2.28. The van der Waals surface area contributed by atoms with Crippen LogP contribution in [0.4, 0.5) is 13.2 Å². The summed E-state index contributed by atoms with van der Waals surface area (Å²) in [5.41, 5.74) is 3.79. The quantitative estimate of drug-likeness (QED) is 0.620. The first-order chi connectivity index (χ1) is 6.97. The zero-order valence-corrected chi connectivity index (χ0v) is 8.27. The summed E-state index contributed by atoms with van der Waals surface area (Å²) in [6.07, 6.45) is -4.24. The lowest BCUT2D eigenvalue weighted by Gasteiger charge is -2.08. The Labute approximate surface area is 86.0 Å². The fourth-order valence-electron chi connectivity index (χ4n) is 0.952. The number of rotatable bonds is 4. The van der Waals surface area contributed by atoms with Gasteiger partial charge in [0.05, 0.1) is 6.61 Å². The van der Waals surface area contributed by atoms with Crippen molar-refractivity contribution in [1.82, 2.24) is 5.48 Å².